The van der Waals surface area contributed by atoms with Gasteiger partial charge in [-0.1, -0.05) is 29.4 Å². The fourth-order valence-corrected chi connectivity index (χ4v) is 1.74. The van der Waals surface area contributed by atoms with E-state index in [1.807, 2.05) is 0 Å². The fraction of sp³-hybridized carbons (Fsp3) is 0.333. The lowest BCUT2D eigenvalue weighted by atomic mass is 10.0. The van der Waals surface area contributed by atoms with Crippen molar-refractivity contribution in [1.29, 1.82) is 0 Å². The number of benzene rings is 1. The summed E-state index contributed by atoms with van der Waals surface area (Å²) in [5, 5.41) is 3.29. The summed E-state index contributed by atoms with van der Waals surface area (Å²) < 4.78 is 46.4. The van der Waals surface area contributed by atoms with E-state index in [1.165, 1.54) is 7.11 Å². The van der Waals surface area contributed by atoms with Gasteiger partial charge in [-0.3, -0.25) is 0 Å². The Morgan fingerprint density at radius 1 is 1.35 bits per heavy atom. The number of hydrogen-bond donors (Lipinski definition) is 1. The maximum absolute atomic E-state index is 12.4. The number of nitrogens with zero attached hydrogens (tertiary/aromatic N) is 2. The first kappa shape index (κ1) is 14.5. The molecule has 0 fully saturated rings. The van der Waals surface area contributed by atoms with Gasteiger partial charge in [0.1, 0.15) is 0 Å². The lowest BCUT2D eigenvalue weighted by molar-refractivity contribution is -0.159. The molecular formula is C12H12F3N3O2. The predicted molar refractivity (Wildman–Crippen MR) is 62.5 cm³/mol. The monoisotopic (exact) mass is 287 g/mol. The van der Waals surface area contributed by atoms with Crippen LogP contribution in [0.15, 0.2) is 28.8 Å². The number of methoxy groups -OCH3 is 1. The third-order valence-electron chi connectivity index (χ3n) is 2.65. The fourth-order valence-electron chi connectivity index (χ4n) is 1.74. The second kappa shape index (κ2) is 5.59. The number of aromatic nitrogens is 2. The SMILES string of the molecule is COCc1ccccc1C(N)c1noc(C(F)(F)F)n1. The van der Waals surface area contributed by atoms with Crippen molar-refractivity contribution in [2.45, 2.75) is 18.8 Å². The molecule has 1 unspecified atom stereocenters. The molecule has 1 heterocycles. The van der Waals surface area contributed by atoms with Crippen LogP contribution in [-0.4, -0.2) is 17.3 Å². The summed E-state index contributed by atoms with van der Waals surface area (Å²) in [6.45, 7) is 0.286. The minimum absolute atomic E-state index is 0.221. The summed E-state index contributed by atoms with van der Waals surface area (Å²) in [6.07, 6.45) is -4.68. The van der Waals surface area contributed by atoms with Crippen molar-refractivity contribution in [3.05, 3.63) is 47.1 Å². The number of ether oxygens (including phenoxy) is 1. The van der Waals surface area contributed by atoms with Gasteiger partial charge >= 0.3 is 12.1 Å². The highest BCUT2D eigenvalue weighted by molar-refractivity contribution is 5.32. The first-order valence-electron chi connectivity index (χ1n) is 5.66. The van der Waals surface area contributed by atoms with E-state index in [0.717, 1.165) is 5.56 Å². The van der Waals surface area contributed by atoms with Crippen molar-refractivity contribution in [2.75, 3.05) is 7.11 Å². The topological polar surface area (TPSA) is 74.2 Å². The number of halogens is 3. The Labute approximate surface area is 112 Å². The third kappa shape index (κ3) is 2.97. The Morgan fingerprint density at radius 2 is 2.05 bits per heavy atom. The van der Waals surface area contributed by atoms with E-state index in [1.54, 1.807) is 24.3 Å². The zero-order chi connectivity index (χ0) is 14.8. The van der Waals surface area contributed by atoms with E-state index in [9.17, 15) is 13.2 Å². The number of hydrogen-bond acceptors (Lipinski definition) is 5. The lowest BCUT2D eigenvalue weighted by Crippen LogP contribution is -2.16. The van der Waals surface area contributed by atoms with Gasteiger partial charge in [-0.05, 0) is 11.1 Å². The minimum Gasteiger partial charge on any atom is -0.380 e. The Morgan fingerprint density at radius 3 is 2.65 bits per heavy atom. The highest BCUT2D eigenvalue weighted by Gasteiger charge is 2.39. The normalized spacial score (nSPS) is 13.4. The summed E-state index contributed by atoms with van der Waals surface area (Å²) in [7, 11) is 1.51. The zero-order valence-electron chi connectivity index (χ0n) is 10.5. The van der Waals surface area contributed by atoms with Crippen molar-refractivity contribution in [3.8, 4) is 0 Å². The van der Waals surface area contributed by atoms with Crippen molar-refractivity contribution in [2.24, 2.45) is 5.73 Å². The molecule has 0 radical (unpaired) electrons. The van der Waals surface area contributed by atoms with Crippen molar-refractivity contribution < 1.29 is 22.4 Å². The van der Waals surface area contributed by atoms with E-state index in [4.69, 9.17) is 10.5 Å². The van der Waals surface area contributed by atoms with Crippen LogP contribution in [-0.2, 0) is 17.5 Å². The average molecular weight is 287 g/mol. The number of nitrogens with two attached hydrogens (primary N) is 1. The third-order valence-corrected chi connectivity index (χ3v) is 2.65. The standard InChI is InChI=1S/C12H12F3N3O2/c1-19-6-7-4-2-3-5-8(7)9(16)10-17-11(20-18-10)12(13,14)15/h2-5,9H,6,16H2,1H3. The van der Waals surface area contributed by atoms with Gasteiger partial charge in [-0.25, -0.2) is 0 Å². The molecule has 8 heteroatoms. The van der Waals surface area contributed by atoms with Gasteiger partial charge in [-0.2, -0.15) is 18.2 Å². The van der Waals surface area contributed by atoms with Crippen LogP contribution < -0.4 is 5.73 Å². The molecule has 0 saturated heterocycles. The van der Waals surface area contributed by atoms with Gasteiger partial charge in [0.2, 0.25) is 0 Å². The molecule has 5 nitrogen and oxygen atoms in total. The average Bonchev–Trinajstić information content (AvgIpc) is 2.88. The van der Waals surface area contributed by atoms with Crippen LogP contribution in [0.2, 0.25) is 0 Å². The second-order valence-corrected chi connectivity index (χ2v) is 4.06. The number of alkyl halides is 3. The first-order chi connectivity index (χ1) is 9.43. The highest BCUT2D eigenvalue weighted by atomic mass is 19.4. The Hall–Kier alpha value is -1.93. The van der Waals surface area contributed by atoms with Crippen LogP contribution in [0.25, 0.3) is 0 Å². The highest BCUT2D eigenvalue weighted by Crippen LogP contribution is 2.29. The van der Waals surface area contributed by atoms with Crippen LogP contribution in [0.1, 0.15) is 28.9 Å². The molecular weight excluding hydrogens is 275 g/mol. The lowest BCUT2D eigenvalue weighted by Gasteiger charge is -2.12. The van der Waals surface area contributed by atoms with Crippen molar-refractivity contribution >= 4 is 0 Å². The summed E-state index contributed by atoms with van der Waals surface area (Å²) in [5.41, 5.74) is 7.23. The summed E-state index contributed by atoms with van der Waals surface area (Å²) in [4.78, 5) is 3.29. The van der Waals surface area contributed by atoms with E-state index in [-0.39, 0.29) is 12.4 Å². The maximum atomic E-state index is 12.4. The molecule has 0 aliphatic rings. The summed E-state index contributed by atoms with van der Waals surface area (Å²) >= 11 is 0. The Bertz CT molecular complexity index is 583. The molecule has 0 aliphatic carbocycles. The molecule has 0 saturated carbocycles. The van der Waals surface area contributed by atoms with Crippen molar-refractivity contribution in [3.63, 3.8) is 0 Å². The summed E-state index contributed by atoms with van der Waals surface area (Å²) in [5.74, 6) is -1.63. The summed E-state index contributed by atoms with van der Waals surface area (Å²) in [6, 6.07) is 6.04. The van der Waals surface area contributed by atoms with Gasteiger partial charge < -0.3 is 15.0 Å². The molecule has 2 N–H and O–H groups in total. The quantitative estimate of drug-likeness (QED) is 0.933. The minimum atomic E-state index is -4.68. The molecule has 2 rings (SSSR count). The van der Waals surface area contributed by atoms with Crippen LogP contribution in [0.4, 0.5) is 13.2 Å². The van der Waals surface area contributed by atoms with E-state index < -0.39 is 18.1 Å². The first-order valence-corrected chi connectivity index (χ1v) is 5.66. The van der Waals surface area contributed by atoms with Crippen LogP contribution in [0, 0.1) is 0 Å². The van der Waals surface area contributed by atoms with E-state index in [0.29, 0.717) is 5.56 Å². The van der Waals surface area contributed by atoms with Crippen LogP contribution >= 0.6 is 0 Å². The number of rotatable bonds is 4. The van der Waals surface area contributed by atoms with Crippen LogP contribution in [0.5, 0.6) is 0 Å². The maximum Gasteiger partial charge on any atom is 0.471 e. The Balaban J connectivity index is 2.32. The molecule has 20 heavy (non-hydrogen) atoms. The van der Waals surface area contributed by atoms with Crippen LogP contribution in [0.3, 0.4) is 0 Å². The predicted octanol–water partition coefficient (Wildman–Crippen LogP) is 2.28. The molecule has 1 aromatic carbocycles. The molecule has 0 aliphatic heterocycles. The largest absolute Gasteiger partial charge is 0.471 e. The molecule has 0 amide bonds. The molecule has 0 bridgehead atoms. The van der Waals surface area contributed by atoms with E-state index >= 15 is 0 Å². The molecule has 1 atom stereocenters. The molecule has 1 aromatic heterocycles. The van der Waals surface area contributed by atoms with Gasteiger partial charge in [0.25, 0.3) is 0 Å². The van der Waals surface area contributed by atoms with Gasteiger partial charge in [0, 0.05) is 7.11 Å². The molecule has 0 spiro atoms. The molecule has 108 valence electrons. The smallest absolute Gasteiger partial charge is 0.380 e. The molecule has 2 aromatic rings. The second-order valence-electron chi connectivity index (χ2n) is 4.06. The zero-order valence-corrected chi connectivity index (χ0v) is 10.5. The van der Waals surface area contributed by atoms with Crippen molar-refractivity contribution in [1.82, 2.24) is 10.1 Å². The van der Waals surface area contributed by atoms with Gasteiger partial charge in [0.05, 0.1) is 12.6 Å². The van der Waals surface area contributed by atoms with Gasteiger partial charge in [-0.15, -0.1) is 0 Å². The van der Waals surface area contributed by atoms with Gasteiger partial charge in [0.15, 0.2) is 5.82 Å². The Kier molecular flexibility index (Phi) is 4.05. The van der Waals surface area contributed by atoms with E-state index in [2.05, 4.69) is 14.7 Å².